The van der Waals surface area contributed by atoms with Gasteiger partial charge in [-0.25, -0.2) is 0 Å². The molecule has 0 aromatic heterocycles. The molecule has 0 fully saturated rings. The van der Waals surface area contributed by atoms with Crippen LogP contribution in [0.2, 0.25) is 0 Å². The fourth-order valence-electron chi connectivity index (χ4n) is 2.57. The third-order valence-electron chi connectivity index (χ3n) is 3.61. The van der Waals surface area contributed by atoms with Crippen LogP contribution in [0.3, 0.4) is 0 Å². The summed E-state index contributed by atoms with van der Waals surface area (Å²) in [4.78, 5) is 6.34. The molecule has 21 heavy (non-hydrogen) atoms. The number of hydrogen-bond donors (Lipinski definition) is 2. The van der Waals surface area contributed by atoms with E-state index in [9.17, 15) is 0 Å². The van der Waals surface area contributed by atoms with Gasteiger partial charge in [0.2, 0.25) is 0 Å². The predicted molar refractivity (Wildman–Crippen MR) is 94.0 cm³/mol. The summed E-state index contributed by atoms with van der Waals surface area (Å²) < 4.78 is 0. The number of nitrogens with zero attached hydrogens (tertiary/aromatic N) is 2. The van der Waals surface area contributed by atoms with E-state index in [-0.39, 0.29) is 0 Å². The smallest absolute Gasteiger partial charge is 0.0757 e. The van der Waals surface area contributed by atoms with Crippen LogP contribution in [-0.2, 0) is 0 Å². The van der Waals surface area contributed by atoms with Gasteiger partial charge in [-0.15, -0.1) is 6.58 Å². The zero-order valence-electron chi connectivity index (χ0n) is 14.5. The summed E-state index contributed by atoms with van der Waals surface area (Å²) in [5.74, 6) is 1.35. The van der Waals surface area contributed by atoms with E-state index < -0.39 is 0 Å². The van der Waals surface area contributed by atoms with E-state index in [1.165, 1.54) is 0 Å². The molecule has 0 saturated carbocycles. The van der Waals surface area contributed by atoms with Gasteiger partial charge < -0.3 is 16.0 Å². The summed E-state index contributed by atoms with van der Waals surface area (Å²) in [5, 5.41) is 8.10. The molecule has 3 N–H and O–H groups in total. The lowest BCUT2D eigenvalue weighted by Gasteiger charge is -2.25. The molecule has 0 aromatic rings. The van der Waals surface area contributed by atoms with Crippen molar-refractivity contribution in [3.8, 4) is 0 Å². The highest BCUT2D eigenvalue weighted by atomic mass is 15.1. The summed E-state index contributed by atoms with van der Waals surface area (Å²) in [7, 11) is 3.86. The summed E-state index contributed by atoms with van der Waals surface area (Å²) in [5.41, 5.74) is 7.88. The van der Waals surface area contributed by atoms with Crippen LogP contribution in [0, 0.1) is 23.2 Å². The molecule has 2 unspecified atom stereocenters. The minimum absolute atomic E-state index is 0.395. The molecule has 0 saturated heterocycles. The van der Waals surface area contributed by atoms with Crippen molar-refractivity contribution in [3.63, 3.8) is 0 Å². The van der Waals surface area contributed by atoms with Crippen LogP contribution in [0.1, 0.15) is 34.1 Å². The van der Waals surface area contributed by atoms with Gasteiger partial charge >= 0.3 is 0 Å². The second kappa shape index (κ2) is 9.50. The Hall–Kier alpha value is -1.42. The third-order valence-corrected chi connectivity index (χ3v) is 3.61. The summed E-state index contributed by atoms with van der Waals surface area (Å²) in [6.45, 7) is 12.9. The molecule has 120 valence electrons. The van der Waals surface area contributed by atoms with E-state index in [4.69, 9.17) is 11.1 Å². The summed E-state index contributed by atoms with van der Waals surface area (Å²) >= 11 is 0. The molecule has 0 aliphatic heterocycles. The van der Waals surface area contributed by atoms with Gasteiger partial charge in [0.25, 0.3) is 0 Å². The average Bonchev–Trinajstić information content (AvgIpc) is 2.36. The first-order chi connectivity index (χ1) is 9.74. The Morgan fingerprint density at radius 1 is 1.33 bits per heavy atom. The van der Waals surface area contributed by atoms with E-state index in [1.807, 2.05) is 32.0 Å². The van der Waals surface area contributed by atoms with E-state index in [0.29, 0.717) is 35.7 Å². The van der Waals surface area contributed by atoms with Gasteiger partial charge in [-0.05, 0) is 45.2 Å². The minimum atomic E-state index is 0.395. The Bertz CT molecular complexity index is 405. The molecular weight excluding hydrogens is 260 g/mol. The maximum atomic E-state index is 8.10. The van der Waals surface area contributed by atoms with E-state index in [0.717, 1.165) is 12.1 Å². The molecule has 0 aliphatic rings. The van der Waals surface area contributed by atoms with Crippen molar-refractivity contribution in [2.75, 3.05) is 20.6 Å². The Morgan fingerprint density at radius 2 is 1.90 bits per heavy atom. The first-order valence-electron chi connectivity index (χ1n) is 7.56. The van der Waals surface area contributed by atoms with E-state index >= 15 is 0 Å². The maximum Gasteiger partial charge on any atom is 0.0757 e. The third kappa shape index (κ3) is 6.71. The van der Waals surface area contributed by atoms with Gasteiger partial charge in [-0.1, -0.05) is 26.8 Å². The van der Waals surface area contributed by atoms with Crippen molar-refractivity contribution in [1.82, 2.24) is 4.90 Å². The van der Waals surface area contributed by atoms with Crippen LogP contribution < -0.4 is 5.73 Å². The number of aliphatic imine (C=N–C) groups is 1. The molecule has 0 radical (unpaired) electrons. The lowest BCUT2D eigenvalue weighted by atomic mass is 9.82. The Balaban J connectivity index is 5.22. The van der Waals surface area contributed by atoms with Crippen LogP contribution in [0.15, 0.2) is 29.0 Å². The molecule has 0 rings (SSSR count). The number of hydrogen-bond acceptors (Lipinski definition) is 4. The quantitative estimate of drug-likeness (QED) is 0.506. The number of allylic oxidation sites excluding steroid dienone is 2. The molecule has 0 spiro atoms. The Labute approximate surface area is 130 Å². The Morgan fingerprint density at radius 3 is 2.29 bits per heavy atom. The zero-order chi connectivity index (χ0) is 16.6. The highest BCUT2D eigenvalue weighted by Crippen LogP contribution is 2.28. The Kier molecular flexibility index (Phi) is 8.86. The van der Waals surface area contributed by atoms with Gasteiger partial charge in [0, 0.05) is 12.8 Å². The van der Waals surface area contributed by atoms with Crippen molar-refractivity contribution in [2.24, 2.45) is 28.5 Å². The second-order valence-electron chi connectivity index (χ2n) is 6.20. The second-order valence-corrected chi connectivity index (χ2v) is 6.20. The first-order valence-corrected chi connectivity index (χ1v) is 7.56. The molecular formula is C17H32N4. The first kappa shape index (κ1) is 19.6. The maximum absolute atomic E-state index is 8.10. The molecule has 4 nitrogen and oxygen atoms in total. The van der Waals surface area contributed by atoms with E-state index in [2.05, 4.69) is 32.3 Å². The van der Waals surface area contributed by atoms with Crippen LogP contribution in [0.5, 0.6) is 0 Å². The van der Waals surface area contributed by atoms with Gasteiger partial charge in [0.15, 0.2) is 0 Å². The lowest BCUT2D eigenvalue weighted by Crippen LogP contribution is -2.27. The molecule has 4 heteroatoms. The zero-order valence-corrected chi connectivity index (χ0v) is 14.5. The van der Waals surface area contributed by atoms with Crippen molar-refractivity contribution < 1.29 is 0 Å². The van der Waals surface area contributed by atoms with Crippen LogP contribution >= 0.6 is 0 Å². The molecule has 2 atom stereocenters. The van der Waals surface area contributed by atoms with Gasteiger partial charge in [0.1, 0.15) is 0 Å². The number of nitrogens with one attached hydrogen (secondary N) is 1. The molecule has 0 bridgehead atoms. The predicted octanol–water partition coefficient (Wildman–Crippen LogP) is 3.31. The highest BCUT2D eigenvalue weighted by Gasteiger charge is 2.20. The minimum Gasteiger partial charge on any atom is -0.396 e. The standard InChI is InChI=1S/C17H32N4/c1-8-14(12(3)4)13(5)10-16(20-9-2)17(19)15(18)11-21(6)7/h8-9,12-14,18H,1,10-11,19H2,2-7H3/b17-16+,18-15?,20-9-. The normalized spacial score (nSPS) is 16.2. The van der Waals surface area contributed by atoms with Crippen molar-refractivity contribution in [3.05, 3.63) is 24.0 Å². The van der Waals surface area contributed by atoms with Crippen LogP contribution in [0.25, 0.3) is 0 Å². The van der Waals surface area contributed by atoms with E-state index in [1.54, 1.807) is 6.21 Å². The monoisotopic (exact) mass is 292 g/mol. The van der Waals surface area contributed by atoms with Crippen molar-refractivity contribution in [2.45, 2.75) is 34.1 Å². The van der Waals surface area contributed by atoms with Gasteiger partial charge in [-0.2, -0.15) is 0 Å². The molecule has 0 aliphatic carbocycles. The fraction of sp³-hybridized carbons (Fsp3) is 0.647. The summed E-state index contributed by atoms with van der Waals surface area (Å²) in [6.07, 6.45) is 4.53. The van der Waals surface area contributed by atoms with Crippen LogP contribution in [0.4, 0.5) is 0 Å². The SMILES string of the molecule is C=CC(C(C)C)C(C)CC(/N=C\C)=C(\N)C(=N)CN(C)C. The van der Waals surface area contributed by atoms with Crippen LogP contribution in [-0.4, -0.2) is 37.5 Å². The molecule has 0 heterocycles. The molecule has 0 amide bonds. The number of rotatable bonds is 9. The van der Waals surface area contributed by atoms with Gasteiger partial charge in [0.05, 0.1) is 17.1 Å². The summed E-state index contributed by atoms with van der Waals surface area (Å²) in [6, 6.07) is 0. The number of nitrogens with two attached hydrogens (primary N) is 1. The van der Waals surface area contributed by atoms with Gasteiger partial charge in [-0.3, -0.25) is 4.99 Å². The van der Waals surface area contributed by atoms with Crippen molar-refractivity contribution >= 4 is 11.9 Å². The lowest BCUT2D eigenvalue weighted by molar-refractivity contribution is 0.331. The fourth-order valence-corrected chi connectivity index (χ4v) is 2.57. The molecule has 0 aromatic carbocycles. The average molecular weight is 292 g/mol. The topological polar surface area (TPSA) is 65.5 Å². The highest BCUT2D eigenvalue weighted by molar-refractivity contribution is 5.99. The van der Waals surface area contributed by atoms with Crippen molar-refractivity contribution in [1.29, 1.82) is 5.41 Å². The largest absolute Gasteiger partial charge is 0.396 e.